The molecule has 3 aromatic carbocycles. The minimum absolute atomic E-state index is 0.228. The molecule has 0 bridgehead atoms. The Morgan fingerprint density at radius 2 is 1.92 bits per heavy atom. The minimum Gasteiger partial charge on any atom is -0.490 e. The largest absolute Gasteiger partial charge is 0.490 e. The zero-order valence-corrected chi connectivity index (χ0v) is 24.7. The van der Waals surface area contributed by atoms with Crippen molar-refractivity contribution in [2.24, 2.45) is 5.10 Å². The van der Waals surface area contributed by atoms with Crippen LogP contribution in [0.3, 0.4) is 0 Å². The zero-order chi connectivity index (χ0) is 25.8. The minimum atomic E-state index is -0.228. The zero-order valence-electron chi connectivity index (χ0n) is 19.4. The van der Waals surface area contributed by atoms with Crippen molar-refractivity contribution >= 4 is 78.8 Å². The highest BCUT2D eigenvalue weighted by Gasteiger charge is 2.14. The van der Waals surface area contributed by atoms with Gasteiger partial charge >= 0.3 is 0 Å². The van der Waals surface area contributed by atoms with Crippen molar-refractivity contribution in [3.05, 3.63) is 93.9 Å². The van der Waals surface area contributed by atoms with E-state index in [-0.39, 0.29) is 12.2 Å². The highest BCUT2D eigenvalue weighted by molar-refractivity contribution is 14.1. The van der Waals surface area contributed by atoms with Gasteiger partial charge in [0.25, 0.3) is 5.56 Å². The van der Waals surface area contributed by atoms with Crippen molar-refractivity contribution in [2.45, 2.75) is 26.9 Å². The van der Waals surface area contributed by atoms with Gasteiger partial charge in [0.1, 0.15) is 12.4 Å². The fourth-order valence-electron chi connectivity index (χ4n) is 3.52. The number of nitrogens with zero attached hydrogens (tertiary/aromatic N) is 3. The van der Waals surface area contributed by atoms with Gasteiger partial charge in [-0.3, -0.25) is 4.79 Å². The quantitative estimate of drug-likeness (QED) is 0.141. The van der Waals surface area contributed by atoms with Crippen molar-refractivity contribution in [2.75, 3.05) is 6.61 Å². The lowest BCUT2D eigenvalue weighted by Crippen LogP contribution is -2.22. The number of halogens is 4. The van der Waals surface area contributed by atoms with Gasteiger partial charge in [-0.2, -0.15) is 9.78 Å². The van der Waals surface area contributed by atoms with E-state index in [1.54, 1.807) is 24.4 Å². The first kappa shape index (κ1) is 26.9. The smallest absolute Gasteiger partial charge is 0.282 e. The van der Waals surface area contributed by atoms with E-state index in [1.165, 1.54) is 4.68 Å². The molecule has 0 N–H and O–H groups in total. The van der Waals surface area contributed by atoms with Gasteiger partial charge in [0.2, 0.25) is 0 Å². The summed E-state index contributed by atoms with van der Waals surface area (Å²) < 4.78 is 14.9. The molecule has 0 fully saturated rings. The van der Waals surface area contributed by atoms with Crippen LogP contribution >= 0.6 is 61.7 Å². The molecular weight excluding hydrogens is 680 g/mol. The number of aryl methyl sites for hydroxylation is 1. The van der Waals surface area contributed by atoms with Crippen molar-refractivity contribution in [1.82, 2.24) is 9.66 Å². The van der Waals surface area contributed by atoms with Crippen LogP contribution in [0.1, 0.15) is 30.8 Å². The molecule has 1 aromatic heterocycles. The average molecular weight is 701 g/mol. The molecule has 186 valence electrons. The summed E-state index contributed by atoms with van der Waals surface area (Å²) in [5.74, 6) is 1.74. The maximum Gasteiger partial charge on any atom is 0.282 e. The Kier molecular flexibility index (Phi) is 8.92. The number of aromatic nitrogens is 2. The predicted octanol–water partition coefficient (Wildman–Crippen LogP) is 7.49. The monoisotopic (exact) mass is 699 g/mol. The van der Waals surface area contributed by atoms with Gasteiger partial charge in [-0.15, -0.1) is 0 Å². The molecule has 4 aromatic rings. The topological polar surface area (TPSA) is 65.7 Å². The molecule has 0 amide bonds. The number of rotatable bonds is 8. The molecule has 0 aliphatic rings. The molecule has 0 saturated carbocycles. The van der Waals surface area contributed by atoms with Crippen LogP contribution in [0.25, 0.3) is 10.9 Å². The molecule has 4 rings (SSSR count). The molecule has 0 radical (unpaired) electrons. The summed E-state index contributed by atoms with van der Waals surface area (Å²) >= 11 is 17.9. The maximum absolute atomic E-state index is 13.2. The molecule has 10 heteroatoms. The third-order valence-corrected chi connectivity index (χ3v) is 7.11. The summed E-state index contributed by atoms with van der Waals surface area (Å²) in [6.45, 7) is 4.55. The predicted molar refractivity (Wildman–Crippen MR) is 157 cm³/mol. The van der Waals surface area contributed by atoms with Crippen molar-refractivity contribution in [3.8, 4) is 11.5 Å². The van der Waals surface area contributed by atoms with E-state index in [1.807, 2.05) is 44.2 Å². The van der Waals surface area contributed by atoms with Crippen LogP contribution in [0.4, 0.5) is 0 Å². The molecular formula is C26H21BrCl2IN3O3. The SMILES string of the molecule is CCOc1cc(C=Nn2c(CC)nc3ccc(Br)cc3c2=O)cc(I)c1OCc1ccc(Cl)cc1Cl. The van der Waals surface area contributed by atoms with Gasteiger partial charge in [0.15, 0.2) is 11.5 Å². The molecule has 0 aliphatic heterocycles. The van der Waals surface area contributed by atoms with Crippen LogP contribution < -0.4 is 15.0 Å². The van der Waals surface area contributed by atoms with E-state index >= 15 is 0 Å². The van der Waals surface area contributed by atoms with E-state index in [0.717, 1.165) is 19.2 Å². The first-order valence-corrected chi connectivity index (χ1v) is 13.7. The summed E-state index contributed by atoms with van der Waals surface area (Å²) in [5.41, 5.74) is 1.98. The molecule has 0 saturated heterocycles. The Bertz CT molecular complexity index is 1530. The second kappa shape index (κ2) is 11.9. The fraction of sp³-hybridized carbons (Fsp3) is 0.192. The lowest BCUT2D eigenvalue weighted by Gasteiger charge is -2.15. The third kappa shape index (κ3) is 6.04. The summed E-state index contributed by atoms with van der Waals surface area (Å²) in [4.78, 5) is 17.8. The molecule has 0 aliphatic carbocycles. The Morgan fingerprint density at radius 3 is 2.64 bits per heavy atom. The lowest BCUT2D eigenvalue weighted by atomic mass is 10.2. The number of benzene rings is 3. The van der Waals surface area contributed by atoms with Crippen molar-refractivity contribution in [3.63, 3.8) is 0 Å². The summed E-state index contributed by atoms with van der Waals surface area (Å²) in [6.07, 6.45) is 2.18. The second-order valence-corrected chi connectivity index (χ2v) is 10.6. The van der Waals surface area contributed by atoms with Gasteiger partial charge < -0.3 is 9.47 Å². The Labute approximate surface area is 240 Å². The van der Waals surface area contributed by atoms with Gasteiger partial charge in [-0.1, -0.05) is 52.1 Å². The third-order valence-electron chi connectivity index (χ3n) is 5.23. The molecule has 1 heterocycles. The van der Waals surface area contributed by atoms with Crippen LogP contribution in [0, 0.1) is 3.57 Å². The van der Waals surface area contributed by atoms with E-state index in [4.69, 9.17) is 32.7 Å². The van der Waals surface area contributed by atoms with Crippen LogP contribution in [0.2, 0.25) is 10.0 Å². The van der Waals surface area contributed by atoms with Crippen molar-refractivity contribution < 1.29 is 9.47 Å². The number of hydrogen-bond acceptors (Lipinski definition) is 5. The number of ether oxygens (including phenoxy) is 2. The number of hydrogen-bond donors (Lipinski definition) is 0. The van der Waals surface area contributed by atoms with Gasteiger partial charge in [-0.25, -0.2) is 4.98 Å². The number of fused-ring (bicyclic) bond motifs is 1. The Hall–Kier alpha value is -2.14. The lowest BCUT2D eigenvalue weighted by molar-refractivity contribution is 0.267. The fourth-order valence-corrected chi connectivity index (χ4v) is 5.13. The molecule has 0 unspecified atom stereocenters. The van der Waals surface area contributed by atoms with E-state index < -0.39 is 0 Å². The van der Waals surface area contributed by atoms with Crippen LogP contribution in [-0.4, -0.2) is 22.5 Å². The summed E-state index contributed by atoms with van der Waals surface area (Å²) in [6, 6.07) is 14.5. The average Bonchev–Trinajstić information content (AvgIpc) is 2.84. The second-order valence-electron chi connectivity index (χ2n) is 7.69. The molecule has 36 heavy (non-hydrogen) atoms. The molecule has 6 nitrogen and oxygen atoms in total. The van der Waals surface area contributed by atoms with E-state index in [0.29, 0.717) is 51.3 Å². The summed E-state index contributed by atoms with van der Waals surface area (Å²) in [7, 11) is 0. The highest BCUT2D eigenvalue weighted by Crippen LogP contribution is 2.35. The summed E-state index contributed by atoms with van der Waals surface area (Å²) in [5, 5.41) is 6.08. The van der Waals surface area contributed by atoms with Gasteiger partial charge in [-0.05, 0) is 77.5 Å². The van der Waals surface area contributed by atoms with Gasteiger partial charge in [0.05, 0.1) is 27.3 Å². The first-order valence-electron chi connectivity index (χ1n) is 11.1. The standard InChI is InChI=1S/C26H21BrCl2IN3O3/c1-3-24-32-22-8-6-17(27)11-19(22)26(34)33(24)31-13-15-9-21(30)25(23(10-15)35-4-2)36-14-16-5-7-18(28)12-20(16)29/h5-13H,3-4,14H2,1-2H3. The molecule has 0 spiro atoms. The normalized spacial score (nSPS) is 11.4. The highest BCUT2D eigenvalue weighted by atomic mass is 127. The van der Waals surface area contributed by atoms with Crippen molar-refractivity contribution in [1.29, 1.82) is 0 Å². The maximum atomic E-state index is 13.2. The first-order chi connectivity index (χ1) is 17.3. The molecule has 0 atom stereocenters. The Morgan fingerprint density at radius 1 is 1.11 bits per heavy atom. The van der Waals surface area contributed by atoms with Crippen LogP contribution in [0.15, 0.2) is 62.9 Å². The van der Waals surface area contributed by atoms with Gasteiger partial charge in [0, 0.05) is 26.5 Å². The van der Waals surface area contributed by atoms with Crippen LogP contribution in [-0.2, 0) is 13.0 Å². The van der Waals surface area contributed by atoms with Crippen LogP contribution in [0.5, 0.6) is 11.5 Å². The Balaban J connectivity index is 1.67. The van der Waals surface area contributed by atoms with E-state index in [9.17, 15) is 4.79 Å². The van der Waals surface area contributed by atoms with E-state index in [2.05, 4.69) is 48.6 Å².